The smallest absolute Gasteiger partial charge is 0.255 e. The first-order valence-electron chi connectivity index (χ1n) is 8.07. The molecule has 1 aromatic rings. The molecule has 0 N–H and O–H groups in total. The number of nitrogens with zero attached hydrogens (tertiary/aromatic N) is 2. The van der Waals surface area contributed by atoms with Crippen molar-refractivity contribution < 1.29 is 14.3 Å². The number of benzene rings is 1. The van der Waals surface area contributed by atoms with E-state index in [-0.39, 0.29) is 17.7 Å². The Bertz CT molecular complexity index is 587. The number of ether oxygens (including phenoxy) is 1. The molecule has 0 saturated carbocycles. The van der Waals surface area contributed by atoms with Crippen molar-refractivity contribution in [2.75, 3.05) is 39.4 Å². The van der Waals surface area contributed by atoms with Crippen LogP contribution in [0.15, 0.2) is 24.3 Å². The summed E-state index contributed by atoms with van der Waals surface area (Å²) in [5.74, 6) is -0.0617. The molecule has 2 amide bonds. The number of hydrogen-bond donors (Lipinski definition) is 0. The lowest BCUT2D eigenvalue weighted by Crippen LogP contribution is -2.49. The molecule has 1 aromatic carbocycles. The van der Waals surface area contributed by atoms with Crippen molar-refractivity contribution >= 4 is 23.4 Å². The van der Waals surface area contributed by atoms with Crippen molar-refractivity contribution in [3.8, 4) is 0 Å². The van der Waals surface area contributed by atoms with E-state index in [1.807, 2.05) is 4.90 Å². The topological polar surface area (TPSA) is 49.9 Å². The van der Waals surface area contributed by atoms with Gasteiger partial charge in [0.2, 0.25) is 5.91 Å². The number of piperidine rings is 1. The molecule has 2 saturated heterocycles. The number of amides is 2. The van der Waals surface area contributed by atoms with E-state index >= 15 is 0 Å². The summed E-state index contributed by atoms with van der Waals surface area (Å²) in [7, 11) is 0. The van der Waals surface area contributed by atoms with Crippen molar-refractivity contribution in [2.24, 2.45) is 5.92 Å². The highest BCUT2D eigenvalue weighted by Gasteiger charge is 2.32. The predicted molar refractivity (Wildman–Crippen MR) is 87.5 cm³/mol. The summed E-state index contributed by atoms with van der Waals surface area (Å²) in [5.41, 5.74) is 0.508. The van der Waals surface area contributed by atoms with Gasteiger partial charge in [0.15, 0.2) is 0 Å². The largest absolute Gasteiger partial charge is 0.378 e. The van der Waals surface area contributed by atoms with Crippen molar-refractivity contribution in [3.63, 3.8) is 0 Å². The zero-order valence-electron chi connectivity index (χ0n) is 13.0. The second-order valence-corrected chi connectivity index (χ2v) is 6.42. The SMILES string of the molecule is O=C(c1ccccc1Cl)N1CCC[C@@H](C(=O)N2CCOCC2)C1. The first-order valence-corrected chi connectivity index (χ1v) is 8.45. The molecule has 5 nitrogen and oxygen atoms in total. The van der Waals surface area contributed by atoms with Crippen LogP contribution in [0.3, 0.4) is 0 Å². The number of carbonyl (C=O) groups is 2. The van der Waals surface area contributed by atoms with Crippen LogP contribution < -0.4 is 0 Å². The van der Waals surface area contributed by atoms with Gasteiger partial charge < -0.3 is 14.5 Å². The van der Waals surface area contributed by atoms with Gasteiger partial charge in [-0.2, -0.15) is 0 Å². The predicted octanol–water partition coefficient (Wildman–Crippen LogP) is 2.05. The van der Waals surface area contributed by atoms with Gasteiger partial charge in [-0.25, -0.2) is 0 Å². The summed E-state index contributed by atoms with van der Waals surface area (Å²) in [6.07, 6.45) is 1.68. The molecule has 124 valence electrons. The fourth-order valence-corrected chi connectivity index (χ4v) is 3.43. The number of likely N-dealkylation sites (tertiary alicyclic amines) is 1. The number of halogens is 1. The van der Waals surface area contributed by atoms with Crippen molar-refractivity contribution in [2.45, 2.75) is 12.8 Å². The number of rotatable bonds is 2. The lowest BCUT2D eigenvalue weighted by Gasteiger charge is -2.36. The zero-order valence-corrected chi connectivity index (χ0v) is 13.8. The molecule has 0 aliphatic carbocycles. The second kappa shape index (κ2) is 7.32. The summed E-state index contributed by atoms with van der Waals surface area (Å²) < 4.78 is 5.29. The Morgan fingerprint density at radius 1 is 1.09 bits per heavy atom. The van der Waals surface area contributed by atoms with E-state index in [0.717, 1.165) is 12.8 Å². The second-order valence-electron chi connectivity index (χ2n) is 6.01. The lowest BCUT2D eigenvalue weighted by atomic mass is 9.95. The van der Waals surface area contributed by atoms with Crippen LogP contribution in [0.25, 0.3) is 0 Å². The monoisotopic (exact) mass is 336 g/mol. The highest BCUT2D eigenvalue weighted by molar-refractivity contribution is 6.33. The van der Waals surface area contributed by atoms with Gasteiger partial charge in [0.1, 0.15) is 0 Å². The highest BCUT2D eigenvalue weighted by atomic mass is 35.5. The van der Waals surface area contributed by atoms with E-state index in [2.05, 4.69) is 0 Å². The Labute approximate surface area is 141 Å². The molecular weight excluding hydrogens is 316 g/mol. The van der Waals surface area contributed by atoms with Crippen LogP contribution >= 0.6 is 11.6 Å². The maximum Gasteiger partial charge on any atom is 0.255 e. The number of morpholine rings is 1. The van der Waals surface area contributed by atoms with Crippen LogP contribution in [0.1, 0.15) is 23.2 Å². The van der Waals surface area contributed by atoms with Crippen molar-refractivity contribution in [1.29, 1.82) is 0 Å². The molecule has 6 heteroatoms. The molecule has 3 rings (SSSR count). The standard InChI is InChI=1S/C17H21ClN2O3/c18-15-6-2-1-5-14(15)17(22)20-7-3-4-13(12-20)16(21)19-8-10-23-11-9-19/h1-2,5-6,13H,3-4,7-12H2/t13-/m1/s1. The van der Waals surface area contributed by atoms with Gasteiger partial charge in [0, 0.05) is 26.2 Å². The van der Waals surface area contributed by atoms with Crippen LogP contribution in [0.5, 0.6) is 0 Å². The fourth-order valence-electron chi connectivity index (χ4n) is 3.21. The third kappa shape index (κ3) is 3.67. The molecule has 0 spiro atoms. The van der Waals surface area contributed by atoms with Crippen LogP contribution in [-0.2, 0) is 9.53 Å². The van der Waals surface area contributed by atoms with Gasteiger partial charge in [-0.05, 0) is 25.0 Å². The minimum absolute atomic E-state index is 0.0879. The molecular formula is C17H21ClN2O3. The Hall–Kier alpha value is -1.59. The first kappa shape index (κ1) is 16.3. The van der Waals surface area contributed by atoms with Crippen molar-refractivity contribution in [3.05, 3.63) is 34.9 Å². The van der Waals surface area contributed by atoms with Crippen LogP contribution in [0, 0.1) is 5.92 Å². The molecule has 1 atom stereocenters. The minimum Gasteiger partial charge on any atom is -0.378 e. The fraction of sp³-hybridized carbons (Fsp3) is 0.529. The summed E-state index contributed by atoms with van der Waals surface area (Å²) in [6.45, 7) is 3.64. The zero-order chi connectivity index (χ0) is 16.2. The van der Waals surface area contributed by atoms with Gasteiger partial charge in [-0.3, -0.25) is 9.59 Å². The Kier molecular flexibility index (Phi) is 5.18. The van der Waals surface area contributed by atoms with E-state index in [4.69, 9.17) is 16.3 Å². The first-order chi connectivity index (χ1) is 11.2. The van der Waals surface area contributed by atoms with Gasteiger partial charge in [0.05, 0.1) is 29.7 Å². The van der Waals surface area contributed by atoms with Gasteiger partial charge >= 0.3 is 0 Å². The van der Waals surface area contributed by atoms with E-state index < -0.39 is 0 Å². The van der Waals surface area contributed by atoms with Gasteiger partial charge in [0.25, 0.3) is 5.91 Å². The Balaban J connectivity index is 1.67. The maximum absolute atomic E-state index is 12.7. The minimum atomic E-state index is -0.117. The number of carbonyl (C=O) groups excluding carboxylic acids is 2. The summed E-state index contributed by atoms with van der Waals surface area (Å²) in [4.78, 5) is 28.9. The summed E-state index contributed by atoms with van der Waals surface area (Å²) in [5, 5.41) is 0.458. The maximum atomic E-state index is 12.7. The Morgan fingerprint density at radius 3 is 2.57 bits per heavy atom. The van der Waals surface area contributed by atoms with Crippen molar-refractivity contribution in [1.82, 2.24) is 9.80 Å². The van der Waals surface area contributed by atoms with Crippen LogP contribution in [0.4, 0.5) is 0 Å². The van der Waals surface area contributed by atoms with Gasteiger partial charge in [-0.1, -0.05) is 23.7 Å². The van der Waals surface area contributed by atoms with Gasteiger partial charge in [-0.15, -0.1) is 0 Å². The molecule has 0 bridgehead atoms. The molecule has 2 aliphatic rings. The van der Waals surface area contributed by atoms with E-state index in [1.165, 1.54) is 0 Å². The van der Waals surface area contributed by atoms with E-state index in [9.17, 15) is 9.59 Å². The summed E-state index contributed by atoms with van der Waals surface area (Å²) in [6, 6.07) is 7.06. The quantitative estimate of drug-likeness (QED) is 0.830. The lowest BCUT2D eigenvalue weighted by molar-refractivity contribution is -0.141. The Morgan fingerprint density at radius 2 is 1.83 bits per heavy atom. The molecule has 0 radical (unpaired) electrons. The number of hydrogen-bond acceptors (Lipinski definition) is 3. The third-order valence-electron chi connectivity index (χ3n) is 4.48. The van der Waals surface area contributed by atoms with E-state index in [1.54, 1.807) is 29.2 Å². The molecule has 2 aliphatic heterocycles. The normalized spacial score (nSPS) is 22.0. The molecule has 0 unspecified atom stereocenters. The van der Waals surface area contributed by atoms with Crippen LogP contribution in [-0.4, -0.2) is 61.0 Å². The average molecular weight is 337 g/mol. The average Bonchev–Trinajstić information content (AvgIpc) is 2.62. The highest BCUT2D eigenvalue weighted by Crippen LogP contribution is 2.23. The molecule has 23 heavy (non-hydrogen) atoms. The molecule has 0 aromatic heterocycles. The third-order valence-corrected chi connectivity index (χ3v) is 4.81. The molecule has 2 heterocycles. The molecule has 2 fully saturated rings. The summed E-state index contributed by atoms with van der Waals surface area (Å²) >= 11 is 6.12. The van der Waals surface area contributed by atoms with Crippen LogP contribution in [0.2, 0.25) is 5.02 Å². The van der Waals surface area contributed by atoms with E-state index in [0.29, 0.717) is 50.0 Å².